The number of aromatic nitrogens is 2. The Hall–Kier alpha value is -0.570. The van der Waals surface area contributed by atoms with Crippen molar-refractivity contribution in [2.24, 2.45) is 0 Å². The van der Waals surface area contributed by atoms with Crippen molar-refractivity contribution < 1.29 is 0 Å². The second-order valence-electron chi connectivity index (χ2n) is 0.761. The molecule has 0 spiro atoms. The molecule has 0 aliphatic rings. The van der Waals surface area contributed by atoms with Gasteiger partial charge in [-0.2, -0.15) is 9.97 Å². The lowest BCUT2D eigenvalue weighted by Crippen LogP contribution is -1.63. The van der Waals surface area contributed by atoms with Gasteiger partial charge in [0.15, 0.2) is 0 Å². The maximum absolute atomic E-state index is 3.69. The molecule has 2 nitrogen and oxygen atoms in total. The largest absolute Gasteiger partial charge is 0.290 e. The molecule has 0 aliphatic carbocycles. The molecule has 1 rings (SSSR count). The molecule has 0 N–H and O–H groups in total. The van der Waals surface area contributed by atoms with Gasteiger partial charge in [-0.05, 0) is 0 Å². The highest BCUT2D eigenvalue weighted by Crippen LogP contribution is 1.80. The van der Waals surface area contributed by atoms with Crippen LogP contribution in [-0.4, -0.2) is 9.97 Å². The summed E-state index contributed by atoms with van der Waals surface area (Å²) in [6, 6.07) is 0. The number of rotatable bonds is 0. The summed E-state index contributed by atoms with van der Waals surface area (Å²) in [6.45, 7) is 0. The molecule has 0 saturated carbocycles. The van der Waals surface area contributed by atoms with Gasteiger partial charge in [0.2, 0.25) is 0 Å². The third-order valence-electron chi connectivity index (χ3n) is 0.377. The standard InChI is InChI=1S/C3H3N2S/c1-4-2-6-3-5-1/h1-3H/q+1. The van der Waals surface area contributed by atoms with Gasteiger partial charge in [0.05, 0.1) is 0 Å². The minimum Gasteiger partial charge on any atom is -0.188 e. The first-order valence-corrected chi connectivity index (χ1v) is 2.45. The molecule has 1 heterocycles. The second-order valence-corrected chi connectivity index (χ2v) is 1.45. The van der Waals surface area contributed by atoms with Gasteiger partial charge in [-0.1, -0.05) is 0 Å². The van der Waals surface area contributed by atoms with Crippen LogP contribution < -0.4 is 0 Å². The first-order valence-electron chi connectivity index (χ1n) is 1.50. The van der Waals surface area contributed by atoms with E-state index in [0.717, 1.165) is 0 Å². The maximum atomic E-state index is 3.69. The van der Waals surface area contributed by atoms with Crippen molar-refractivity contribution >= 4 is 11.3 Å². The molecule has 0 radical (unpaired) electrons. The zero-order valence-corrected chi connectivity index (χ0v) is 3.85. The average molecular weight is 99.1 g/mol. The Kier molecular flexibility index (Phi) is 1.06. The molecule has 0 aromatic carbocycles. The zero-order chi connectivity index (χ0) is 4.24. The topological polar surface area (TPSA) is 25.8 Å². The monoisotopic (exact) mass is 99.0 g/mol. The Bertz CT molecular complexity index is 80.7. The molecule has 30 valence electrons. The fourth-order valence-electron chi connectivity index (χ4n) is 0.190. The summed E-state index contributed by atoms with van der Waals surface area (Å²) in [4.78, 5) is 7.38. The Labute approximate surface area is 39.5 Å². The van der Waals surface area contributed by atoms with E-state index in [2.05, 4.69) is 9.97 Å². The van der Waals surface area contributed by atoms with Gasteiger partial charge in [-0.15, -0.1) is 0 Å². The van der Waals surface area contributed by atoms with E-state index in [1.54, 1.807) is 11.0 Å². The minimum absolute atomic E-state index is 1.48. The van der Waals surface area contributed by atoms with Crippen molar-refractivity contribution in [2.45, 2.75) is 0 Å². The molecule has 1 aromatic rings. The van der Waals surface area contributed by atoms with Gasteiger partial charge in [0.1, 0.15) is 6.33 Å². The number of hydrogen-bond donors (Lipinski definition) is 0. The van der Waals surface area contributed by atoms with E-state index < -0.39 is 0 Å². The number of nitrogens with zero attached hydrogens (tertiary/aromatic N) is 2. The molecule has 0 fully saturated rings. The molecule has 0 saturated heterocycles. The molecule has 0 aliphatic heterocycles. The normalized spacial score (nSPS) is 8.00. The highest BCUT2D eigenvalue weighted by Gasteiger charge is 1.76. The molecular weight excluding hydrogens is 96.1 g/mol. The molecular formula is C3H3N2S+. The lowest BCUT2D eigenvalue weighted by atomic mass is 11.3. The third kappa shape index (κ3) is 0.687. The average Bonchev–Trinajstić information content (AvgIpc) is 1.72. The molecule has 3 heteroatoms. The van der Waals surface area contributed by atoms with Crippen LogP contribution in [0.2, 0.25) is 0 Å². The molecule has 1 aromatic heterocycles. The first kappa shape index (κ1) is 3.61. The summed E-state index contributed by atoms with van der Waals surface area (Å²) in [5.41, 5.74) is 3.46. The van der Waals surface area contributed by atoms with E-state index in [0.29, 0.717) is 0 Å². The van der Waals surface area contributed by atoms with Crippen molar-refractivity contribution in [2.75, 3.05) is 0 Å². The highest BCUT2D eigenvalue weighted by atomic mass is 32.1. The maximum Gasteiger partial charge on any atom is 0.290 e. The summed E-state index contributed by atoms with van der Waals surface area (Å²) in [7, 11) is 0. The van der Waals surface area contributed by atoms with Crippen LogP contribution in [0.4, 0.5) is 0 Å². The van der Waals surface area contributed by atoms with E-state index >= 15 is 0 Å². The molecule has 0 unspecified atom stereocenters. The van der Waals surface area contributed by atoms with Crippen LogP contribution in [0.5, 0.6) is 0 Å². The molecule has 0 atom stereocenters. The van der Waals surface area contributed by atoms with E-state index in [9.17, 15) is 0 Å². The summed E-state index contributed by atoms with van der Waals surface area (Å²) in [5, 5.41) is 0. The first-order chi connectivity index (χ1) is 3.00. The predicted molar refractivity (Wildman–Crippen MR) is 24.3 cm³/mol. The van der Waals surface area contributed by atoms with Crippen LogP contribution >= 0.6 is 11.3 Å². The Morgan fingerprint density at radius 2 is 1.83 bits per heavy atom. The quantitative estimate of drug-likeness (QED) is 0.450. The van der Waals surface area contributed by atoms with E-state index in [4.69, 9.17) is 0 Å². The van der Waals surface area contributed by atoms with Crippen molar-refractivity contribution in [3.63, 3.8) is 0 Å². The SMILES string of the molecule is c1nc[s+]cn1. The zero-order valence-electron chi connectivity index (χ0n) is 3.03. The van der Waals surface area contributed by atoms with E-state index in [1.165, 1.54) is 17.7 Å². The van der Waals surface area contributed by atoms with Gasteiger partial charge >= 0.3 is 0 Å². The second kappa shape index (κ2) is 1.77. The van der Waals surface area contributed by atoms with Gasteiger partial charge in [0.25, 0.3) is 22.4 Å². The van der Waals surface area contributed by atoms with Crippen LogP contribution in [0.15, 0.2) is 17.3 Å². The molecule has 0 amide bonds. The van der Waals surface area contributed by atoms with Gasteiger partial charge in [0, 0.05) is 0 Å². The van der Waals surface area contributed by atoms with Crippen molar-refractivity contribution in [3.05, 3.63) is 17.3 Å². The Morgan fingerprint density at radius 1 is 1.17 bits per heavy atom. The minimum atomic E-state index is 1.48. The van der Waals surface area contributed by atoms with E-state index in [-0.39, 0.29) is 0 Å². The van der Waals surface area contributed by atoms with Crippen molar-refractivity contribution in [1.82, 2.24) is 9.97 Å². The van der Waals surface area contributed by atoms with Crippen molar-refractivity contribution in [1.29, 1.82) is 0 Å². The smallest absolute Gasteiger partial charge is 0.188 e. The summed E-state index contributed by atoms with van der Waals surface area (Å²) in [5.74, 6) is 0. The van der Waals surface area contributed by atoms with Gasteiger partial charge in [-0.25, -0.2) is 0 Å². The molecule has 0 bridgehead atoms. The molecule has 6 heavy (non-hydrogen) atoms. The predicted octanol–water partition coefficient (Wildman–Crippen LogP) is 0.819. The third-order valence-corrected chi connectivity index (χ3v) is 0.864. The van der Waals surface area contributed by atoms with Gasteiger partial charge in [-0.3, -0.25) is 0 Å². The van der Waals surface area contributed by atoms with E-state index in [1.807, 2.05) is 0 Å². The van der Waals surface area contributed by atoms with Crippen LogP contribution in [0, 0.1) is 0 Å². The van der Waals surface area contributed by atoms with Crippen LogP contribution in [0.1, 0.15) is 0 Å². The van der Waals surface area contributed by atoms with Crippen LogP contribution in [0.3, 0.4) is 0 Å². The van der Waals surface area contributed by atoms with Gasteiger partial charge < -0.3 is 0 Å². The lowest BCUT2D eigenvalue weighted by molar-refractivity contribution is 1.22. The Balaban J connectivity index is 3.00. The fraction of sp³-hybridized carbons (Fsp3) is 0. The summed E-state index contributed by atoms with van der Waals surface area (Å²) < 4.78 is 0. The summed E-state index contributed by atoms with van der Waals surface area (Å²) in [6.07, 6.45) is 1.51. The highest BCUT2D eigenvalue weighted by molar-refractivity contribution is 7.07. The summed E-state index contributed by atoms with van der Waals surface area (Å²) >= 11 is 1.48. The Morgan fingerprint density at radius 3 is 2.00 bits per heavy atom. The van der Waals surface area contributed by atoms with Crippen LogP contribution in [0.25, 0.3) is 0 Å². The van der Waals surface area contributed by atoms with Crippen LogP contribution in [-0.2, 0) is 0 Å². The fourth-order valence-corrected chi connectivity index (χ4v) is 0.494. The van der Waals surface area contributed by atoms with Crippen molar-refractivity contribution in [3.8, 4) is 0 Å². The number of hydrogen-bond acceptors (Lipinski definition) is 2. The lowest BCUT2D eigenvalue weighted by Gasteiger charge is -1.57.